The molecule has 0 bridgehead atoms. The number of nitrogens with one attached hydrogen (secondary N) is 2. The molecule has 0 saturated heterocycles. The van der Waals surface area contributed by atoms with Gasteiger partial charge in [-0.3, -0.25) is 14.3 Å². The first-order chi connectivity index (χ1) is 15.9. The van der Waals surface area contributed by atoms with Gasteiger partial charge in [0.2, 0.25) is 11.8 Å². The van der Waals surface area contributed by atoms with Gasteiger partial charge in [-0.1, -0.05) is 29.8 Å². The zero-order valence-corrected chi connectivity index (χ0v) is 19.8. The molecule has 0 unspecified atom stereocenters. The Morgan fingerprint density at radius 2 is 1.67 bits per heavy atom. The number of hydrogen-bond donors (Lipinski definition) is 2. The minimum Gasteiger partial charge on any atom is -0.494 e. The second-order valence-corrected chi connectivity index (χ2v) is 8.07. The molecule has 33 heavy (non-hydrogen) atoms. The molecule has 0 atom stereocenters. The molecule has 2 aromatic carbocycles. The zero-order valence-electron chi connectivity index (χ0n) is 19.8. The number of anilines is 1. The van der Waals surface area contributed by atoms with Crippen molar-refractivity contribution in [2.45, 2.75) is 47.1 Å². The number of ether oxygens (including phenoxy) is 1. The van der Waals surface area contributed by atoms with Crippen molar-refractivity contribution < 1.29 is 14.3 Å². The van der Waals surface area contributed by atoms with Gasteiger partial charge in [-0.05, 0) is 69.5 Å². The third-order valence-electron chi connectivity index (χ3n) is 5.48. The summed E-state index contributed by atoms with van der Waals surface area (Å²) in [6.07, 6.45) is 0.881. The van der Waals surface area contributed by atoms with Gasteiger partial charge in [0.1, 0.15) is 5.75 Å². The molecule has 0 spiro atoms. The molecular weight excluding hydrogens is 416 g/mol. The van der Waals surface area contributed by atoms with Crippen LogP contribution in [0.4, 0.5) is 5.69 Å². The Labute approximate surface area is 195 Å². The number of rotatable bonds is 10. The van der Waals surface area contributed by atoms with Crippen LogP contribution in [-0.2, 0) is 22.6 Å². The molecule has 3 aromatic rings. The average molecular weight is 449 g/mol. The lowest BCUT2D eigenvalue weighted by Crippen LogP contribution is -2.33. The van der Waals surface area contributed by atoms with Crippen LogP contribution >= 0.6 is 0 Å². The molecule has 1 heterocycles. The van der Waals surface area contributed by atoms with E-state index in [2.05, 4.69) is 46.9 Å². The minimum atomic E-state index is -0.272. The Kier molecular flexibility index (Phi) is 8.24. The fourth-order valence-electron chi connectivity index (χ4n) is 3.63. The van der Waals surface area contributed by atoms with Crippen LogP contribution in [0.15, 0.2) is 48.5 Å². The molecule has 2 N–H and O–H groups in total. The van der Waals surface area contributed by atoms with Crippen molar-refractivity contribution in [1.29, 1.82) is 0 Å². The molecular formula is C26H32N4O3. The minimum absolute atomic E-state index is 0.0727. The highest BCUT2D eigenvalue weighted by Gasteiger charge is 2.14. The largest absolute Gasteiger partial charge is 0.494 e. The van der Waals surface area contributed by atoms with E-state index < -0.39 is 0 Å². The van der Waals surface area contributed by atoms with Gasteiger partial charge in [0.25, 0.3) is 0 Å². The molecule has 1 aromatic heterocycles. The third-order valence-corrected chi connectivity index (χ3v) is 5.48. The van der Waals surface area contributed by atoms with E-state index in [1.54, 1.807) is 24.3 Å². The van der Waals surface area contributed by atoms with Gasteiger partial charge in [-0.2, -0.15) is 5.10 Å². The maximum Gasteiger partial charge on any atom is 0.243 e. The van der Waals surface area contributed by atoms with Crippen LogP contribution in [0.25, 0.3) is 0 Å². The Morgan fingerprint density at radius 1 is 0.970 bits per heavy atom. The smallest absolute Gasteiger partial charge is 0.243 e. The predicted octanol–water partition coefficient (Wildman–Crippen LogP) is 3.94. The van der Waals surface area contributed by atoms with Gasteiger partial charge in [0, 0.05) is 17.8 Å². The number of amides is 2. The maximum absolute atomic E-state index is 12.3. The van der Waals surface area contributed by atoms with E-state index in [0.717, 1.165) is 22.7 Å². The van der Waals surface area contributed by atoms with Gasteiger partial charge in [-0.25, -0.2) is 0 Å². The normalized spacial score (nSPS) is 10.7. The highest BCUT2D eigenvalue weighted by atomic mass is 16.5. The molecule has 2 amide bonds. The van der Waals surface area contributed by atoms with Gasteiger partial charge >= 0.3 is 0 Å². The lowest BCUT2D eigenvalue weighted by molar-refractivity contribution is -0.124. The van der Waals surface area contributed by atoms with Crippen molar-refractivity contribution in [3.63, 3.8) is 0 Å². The molecule has 0 aliphatic rings. The van der Waals surface area contributed by atoms with Crippen LogP contribution in [-0.4, -0.2) is 34.7 Å². The number of aromatic nitrogens is 2. The fraction of sp³-hybridized carbons (Fsp3) is 0.346. The van der Waals surface area contributed by atoms with Crippen molar-refractivity contribution in [2.24, 2.45) is 0 Å². The van der Waals surface area contributed by atoms with Crippen molar-refractivity contribution in [1.82, 2.24) is 15.1 Å². The number of aryl methyl sites for hydroxylation is 2. The molecule has 3 rings (SSSR count). The Balaban J connectivity index is 1.46. The first-order valence-corrected chi connectivity index (χ1v) is 11.2. The van der Waals surface area contributed by atoms with E-state index in [-0.39, 0.29) is 18.4 Å². The zero-order chi connectivity index (χ0) is 23.8. The van der Waals surface area contributed by atoms with Crippen molar-refractivity contribution in [3.05, 3.63) is 76.6 Å². The molecule has 0 aliphatic heterocycles. The molecule has 7 nitrogen and oxygen atoms in total. The van der Waals surface area contributed by atoms with E-state index in [0.29, 0.717) is 31.7 Å². The summed E-state index contributed by atoms with van der Waals surface area (Å²) in [5.41, 5.74) is 6.15. The van der Waals surface area contributed by atoms with Crippen LogP contribution in [0.3, 0.4) is 0 Å². The molecule has 0 aliphatic carbocycles. The summed E-state index contributed by atoms with van der Waals surface area (Å²) < 4.78 is 7.37. The second kappa shape index (κ2) is 11.3. The van der Waals surface area contributed by atoms with Crippen LogP contribution in [0.1, 0.15) is 41.4 Å². The first-order valence-electron chi connectivity index (χ1n) is 11.2. The van der Waals surface area contributed by atoms with Crippen molar-refractivity contribution in [3.8, 4) is 5.75 Å². The van der Waals surface area contributed by atoms with Crippen molar-refractivity contribution in [2.75, 3.05) is 18.5 Å². The number of benzene rings is 2. The van der Waals surface area contributed by atoms with E-state index >= 15 is 0 Å². The highest BCUT2D eigenvalue weighted by Crippen LogP contribution is 2.17. The average Bonchev–Trinajstić information content (AvgIpc) is 3.06. The van der Waals surface area contributed by atoms with E-state index in [9.17, 15) is 9.59 Å². The number of carbonyl (C=O) groups excluding carboxylic acids is 2. The number of nitrogens with zero attached hydrogens (tertiary/aromatic N) is 2. The summed E-state index contributed by atoms with van der Waals surface area (Å²) >= 11 is 0. The topological polar surface area (TPSA) is 85.2 Å². The summed E-state index contributed by atoms with van der Waals surface area (Å²) in [4.78, 5) is 24.4. The fourth-order valence-corrected chi connectivity index (χ4v) is 3.63. The standard InChI is InChI=1S/C26H32N4O3/c1-5-33-23-12-10-22(11-13-23)28-26(32)16-27-25(31)15-14-24-19(3)29-30(20(24)4)17-21-8-6-18(2)7-9-21/h6-13H,5,14-17H2,1-4H3,(H,27,31)(H,28,32). The Bertz CT molecular complexity index is 1090. The summed E-state index contributed by atoms with van der Waals surface area (Å²) in [5, 5.41) is 10.1. The first kappa shape index (κ1) is 24.0. The molecule has 0 saturated carbocycles. The van der Waals surface area contributed by atoms with Gasteiger partial charge in [-0.15, -0.1) is 0 Å². The van der Waals surface area contributed by atoms with Gasteiger partial charge in [0.15, 0.2) is 0 Å². The highest BCUT2D eigenvalue weighted by molar-refractivity contribution is 5.94. The lowest BCUT2D eigenvalue weighted by atomic mass is 10.1. The number of carbonyl (C=O) groups is 2. The van der Waals surface area contributed by atoms with E-state index in [1.807, 2.05) is 25.5 Å². The van der Waals surface area contributed by atoms with Crippen LogP contribution in [0, 0.1) is 20.8 Å². The molecule has 7 heteroatoms. The Hall–Kier alpha value is -3.61. The predicted molar refractivity (Wildman–Crippen MR) is 130 cm³/mol. The number of hydrogen-bond acceptors (Lipinski definition) is 4. The maximum atomic E-state index is 12.3. The van der Waals surface area contributed by atoms with Crippen LogP contribution in [0.2, 0.25) is 0 Å². The monoisotopic (exact) mass is 448 g/mol. The SMILES string of the molecule is CCOc1ccc(NC(=O)CNC(=O)CCc2c(C)nn(Cc3ccc(C)cc3)c2C)cc1. The quantitative estimate of drug-likeness (QED) is 0.492. The summed E-state index contributed by atoms with van der Waals surface area (Å²) in [6, 6.07) is 15.5. The third kappa shape index (κ3) is 6.94. The Morgan fingerprint density at radius 3 is 2.33 bits per heavy atom. The van der Waals surface area contributed by atoms with Crippen molar-refractivity contribution >= 4 is 17.5 Å². The summed E-state index contributed by atoms with van der Waals surface area (Å²) in [7, 11) is 0. The summed E-state index contributed by atoms with van der Waals surface area (Å²) in [6.45, 7) is 9.20. The molecule has 174 valence electrons. The van der Waals surface area contributed by atoms with Gasteiger partial charge < -0.3 is 15.4 Å². The second-order valence-electron chi connectivity index (χ2n) is 8.07. The molecule has 0 fully saturated rings. The summed E-state index contributed by atoms with van der Waals surface area (Å²) in [5.74, 6) is 0.310. The van der Waals surface area contributed by atoms with Gasteiger partial charge in [0.05, 0.1) is 25.4 Å². The molecule has 0 radical (unpaired) electrons. The van der Waals surface area contributed by atoms with Crippen LogP contribution in [0.5, 0.6) is 5.75 Å². The van der Waals surface area contributed by atoms with E-state index in [1.165, 1.54) is 11.1 Å². The van der Waals surface area contributed by atoms with Crippen LogP contribution < -0.4 is 15.4 Å². The lowest BCUT2D eigenvalue weighted by Gasteiger charge is -2.09. The van der Waals surface area contributed by atoms with E-state index in [4.69, 9.17) is 4.74 Å².